The van der Waals surface area contributed by atoms with Gasteiger partial charge < -0.3 is 0 Å². The summed E-state index contributed by atoms with van der Waals surface area (Å²) in [6.45, 7) is 4.11. The first-order valence-corrected chi connectivity index (χ1v) is 9.79. The van der Waals surface area contributed by atoms with E-state index in [1.54, 1.807) is 16.3 Å². The van der Waals surface area contributed by atoms with Crippen molar-refractivity contribution in [1.29, 1.82) is 0 Å². The van der Waals surface area contributed by atoms with Crippen molar-refractivity contribution in [3.63, 3.8) is 0 Å². The number of amides is 1. The Bertz CT molecular complexity index is 1010. The number of thiazole rings is 2. The zero-order valence-electron chi connectivity index (χ0n) is 14.6. The SMILES string of the molecule is Cn1cc(-c2nc(C(=O)Nc3nc4c(s3)C(=O)CC(C)(C)C4)cs2)cn1. The maximum atomic E-state index is 12.5. The van der Waals surface area contributed by atoms with E-state index in [-0.39, 0.29) is 17.1 Å². The van der Waals surface area contributed by atoms with Gasteiger partial charge in [0.15, 0.2) is 10.9 Å². The summed E-state index contributed by atoms with van der Waals surface area (Å²) < 4.78 is 1.69. The van der Waals surface area contributed by atoms with Crippen LogP contribution in [0.25, 0.3) is 10.6 Å². The lowest BCUT2D eigenvalue weighted by molar-refractivity contribution is 0.0915. The quantitative estimate of drug-likeness (QED) is 0.744. The van der Waals surface area contributed by atoms with E-state index in [9.17, 15) is 9.59 Å². The Kier molecular flexibility index (Phi) is 4.00. The zero-order chi connectivity index (χ0) is 18.5. The molecule has 0 spiro atoms. The summed E-state index contributed by atoms with van der Waals surface area (Å²) >= 11 is 2.63. The minimum Gasteiger partial charge on any atom is -0.296 e. The third kappa shape index (κ3) is 3.19. The van der Waals surface area contributed by atoms with Gasteiger partial charge in [0.25, 0.3) is 5.91 Å². The fourth-order valence-corrected chi connectivity index (χ4v) is 4.67. The lowest BCUT2D eigenvalue weighted by atomic mass is 9.78. The number of carbonyl (C=O) groups is 2. The molecule has 9 heteroatoms. The molecule has 0 saturated carbocycles. The summed E-state index contributed by atoms with van der Waals surface area (Å²) in [5.74, 6) is -0.226. The van der Waals surface area contributed by atoms with Gasteiger partial charge in [0.05, 0.1) is 16.8 Å². The molecule has 26 heavy (non-hydrogen) atoms. The van der Waals surface area contributed by atoms with Gasteiger partial charge in [-0.1, -0.05) is 25.2 Å². The van der Waals surface area contributed by atoms with Gasteiger partial charge in [-0.05, 0) is 11.8 Å². The van der Waals surface area contributed by atoms with Gasteiger partial charge in [-0.3, -0.25) is 19.6 Å². The lowest BCUT2D eigenvalue weighted by Crippen LogP contribution is -2.26. The van der Waals surface area contributed by atoms with Crippen molar-refractivity contribution in [1.82, 2.24) is 19.7 Å². The fourth-order valence-electron chi connectivity index (χ4n) is 2.98. The predicted molar refractivity (Wildman–Crippen MR) is 101 cm³/mol. The van der Waals surface area contributed by atoms with Crippen LogP contribution in [-0.4, -0.2) is 31.4 Å². The Balaban J connectivity index is 1.53. The van der Waals surface area contributed by atoms with Crippen molar-refractivity contribution in [3.8, 4) is 10.6 Å². The second-order valence-corrected chi connectivity index (χ2v) is 8.99. The Morgan fingerprint density at radius 1 is 1.31 bits per heavy atom. The largest absolute Gasteiger partial charge is 0.296 e. The van der Waals surface area contributed by atoms with E-state index in [0.29, 0.717) is 22.1 Å². The molecular weight excluding hydrogens is 370 g/mol. The number of hydrogen-bond donors (Lipinski definition) is 1. The Labute approximate surface area is 158 Å². The van der Waals surface area contributed by atoms with Gasteiger partial charge >= 0.3 is 0 Å². The Morgan fingerprint density at radius 2 is 2.12 bits per heavy atom. The van der Waals surface area contributed by atoms with E-state index < -0.39 is 0 Å². The number of rotatable bonds is 3. The van der Waals surface area contributed by atoms with Crippen LogP contribution >= 0.6 is 22.7 Å². The van der Waals surface area contributed by atoms with Crippen LogP contribution in [0.15, 0.2) is 17.8 Å². The van der Waals surface area contributed by atoms with E-state index in [1.165, 1.54) is 22.7 Å². The molecule has 3 aromatic rings. The fraction of sp³-hybridized carbons (Fsp3) is 0.353. The van der Waals surface area contributed by atoms with Crippen LogP contribution < -0.4 is 5.32 Å². The van der Waals surface area contributed by atoms with Gasteiger partial charge in [-0.2, -0.15) is 5.10 Å². The Hall–Kier alpha value is -2.39. The van der Waals surface area contributed by atoms with Crippen molar-refractivity contribution >= 4 is 39.5 Å². The minimum atomic E-state index is -0.325. The Morgan fingerprint density at radius 3 is 2.85 bits per heavy atom. The van der Waals surface area contributed by atoms with Gasteiger partial charge in [-0.25, -0.2) is 9.97 Å². The van der Waals surface area contributed by atoms with Crippen molar-refractivity contribution in [2.24, 2.45) is 12.5 Å². The first-order chi connectivity index (χ1) is 12.3. The number of Topliss-reactive ketones (excluding diaryl/α,β-unsaturated/α-hetero) is 1. The number of aryl methyl sites for hydroxylation is 1. The molecule has 1 amide bonds. The molecule has 0 saturated heterocycles. The van der Waals surface area contributed by atoms with E-state index in [2.05, 4.69) is 34.2 Å². The average molecular weight is 387 g/mol. The highest BCUT2D eigenvalue weighted by atomic mass is 32.1. The van der Waals surface area contributed by atoms with Crippen molar-refractivity contribution in [2.45, 2.75) is 26.7 Å². The number of aromatic nitrogens is 4. The van der Waals surface area contributed by atoms with E-state index in [1.807, 2.05) is 13.2 Å². The van der Waals surface area contributed by atoms with E-state index in [0.717, 1.165) is 22.7 Å². The molecule has 1 aliphatic carbocycles. The van der Waals surface area contributed by atoms with Gasteiger partial charge in [0, 0.05) is 30.6 Å². The lowest BCUT2D eigenvalue weighted by Gasteiger charge is -2.26. The number of anilines is 1. The van der Waals surface area contributed by atoms with Crippen molar-refractivity contribution < 1.29 is 9.59 Å². The molecule has 1 N–H and O–H groups in total. The molecule has 0 aliphatic heterocycles. The highest BCUT2D eigenvalue weighted by Gasteiger charge is 2.34. The number of nitrogens with zero attached hydrogens (tertiary/aromatic N) is 4. The number of ketones is 1. The maximum absolute atomic E-state index is 12.5. The first kappa shape index (κ1) is 17.0. The molecule has 134 valence electrons. The second kappa shape index (κ2) is 6.10. The molecule has 4 rings (SSSR count). The van der Waals surface area contributed by atoms with Crippen LogP contribution in [0.5, 0.6) is 0 Å². The topological polar surface area (TPSA) is 89.8 Å². The normalized spacial score (nSPS) is 15.7. The second-order valence-electron chi connectivity index (χ2n) is 7.13. The average Bonchev–Trinajstić information content (AvgIpc) is 3.24. The highest BCUT2D eigenvalue weighted by Crippen LogP contribution is 2.38. The van der Waals surface area contributed by atoms with Crippen LogP contribution in [-0.2, 0) is 13.5 Å². The number of nitrogens with one attached hydrogen (secondary N) is 1. The molecule has 0 radical (unpaired) electrons. The third-order valence-corrected chi connectivity index (χ3v) is 6.09. The van der Waals surface area contributed by atoms with Crippen LogP contribution in [0, 0.1) is 5.41 Å². The summed E-state index contributed by atoms with van der Waals surface area (Å²) in [5, 5.41) is 9.78. The van der Waals surface area contributed by atoms with Gasteiger partial charge in [0.1, 0.15) is 10.7 Å². The molecule has 0 unspecified atom stereocenters. The van der Waals surface area contributed by atoms with Crippen LogP contribution in [0.2, 0.25) is 0 Å². The molecule has 0 fully saturated rings. The summed E-state index contributed by atoms with van der Waals surface area (Å²) in [7, 11) is 1.83. The molecule has 1 aliphatic rings. The minimum absolute atomic E-state index is 0.0903. The summed E-state index contributed by atoms with van der Waals surface area (Å²) in [6, 6.07) is 0. The van der Waals surface area contributed by atoms with Gasteiger partial charge in [0.2, 0.25) is 0 Å². The molecule has 3 heterocycles. The van der Waals surface area contributed by atoms with Crippen molar-refractivity contribution in [3.05, 3.63) is 34.0 Å². The number of fused-ring (bicyclic) bond motifs is 1. The smallest absolute Gasteiger partial charge is 0.276 e. The van der Waals surface area contributed by atoms with Crippen molar-refractivity contribution in [2.75, 3.05) is 5.32 Å². The molecule has 0 aromatic carbocycles. The molecule has 7 nitrogen and oxygen atoms in total. The van der Waals surface area contributed by atoms with Crippen LogP contribution in [0.1, 0.15) is 46.1 Å². The summed E-state index contributed by atoms with van der Waals surface area (Å²) in [5.41, 5.74) is 1.89. The molecule has 0 bridgehead atoms. The predicted octanol–water partition coefficient (Wildman–Crippen LogP) is 3.41. The van der Waals surface area contributed by atoms with Crippen LogP contribution in [0.3, 0.4) is 0 Å². The van der Waals surface area contributed by atoms with Crippen LogP contribution in [0.4, 0.5) is 5.13 Å². The maximum Gasteiger partial charge on any atom is 0.276 e. The zero-order valence-corrected chi connectivity index (χ0v) is 16.2. The molecule has 0 atom stereocenters. The standard InChI is InChI=1S/C17H17N5O2S2/c1-17(2)4-10-13(12(23)5-17)26-16(20-10)21-14(24)11-8-25-15(19-11)9-6-18-22(3)7-9/h6-8H,4-5H2,1-3H3,(H,20,21,24). The summed E-state index contributed by atoms with van der Waals surface area (Å²) in [6.07, 6.45) is 4.81. The van der Waals surface area contributed by atoms with E-state index >= 15 is 0 Å². The first-order valence-electron chi connectivity index (χ1n) is 8.09. The van der Waals surface area contributed by atoms with Gasteiger partial charge in [-0.15, -0.1) is 11.3 Å². The molecule has 3 aromatic heterocycles. The summed E-state index contributed by atoms with van der Waals surface area (Å²) in [4.78, 5) is 34.2. The van der Waals surface area contributed by atoms with E-state index in [4.69, 9.17) is 0 Å². The third-order valence-electron chi connectivity index (χ3n) is 4.14. The number of hydrogen-bond acceptors (Lipinski definition) is 7. The molecular formula is C17H17N5O2S2. The number of carbonyl (C=O) groups excluding carboxylic acids is 2. The monoisotopic (exact) mass is 387 g/mol. The highest BCUT2D eigenvalue weighted by molar-refractivity contribution is 7.18.